The highest BCUT2D eigenvalue weighted by Gasteiger charge is 2.22. The lowest BCUT2D eigenvalue weighted by Crippen LogP contribution is -2.27. The maximum atomic E-state index is 11.0. The zero-order valence-electron chi connectivity index (χ0n) is 10.1. The third-order valence-electron chi connectivity index (χ3n) is 2.11. The van der Waals surface area contributed by atoms with Crippen molar-refractivity contribution in [1.29, 1.82) is 0 Å². The fourth-order valence-electron chi connectivity index (χ4n) is 1.19. The number of nitrogens with zero attached hydrogens (tertiary/aromatic N) is 5. The van der Waals surface area contributed by atoms with Crippen molar-refractivity contribution in [3.63, 3.8) is 0 Å². The first-order chi connectivity index (χ1) is 8.60. The molecule has 2 rings (SSSR count). The molecule has 8 nitrogen and oxygen atoms in total. The molecule has 2 aliphatic rings. The Balaban J connectivity index is 2.16. The van der Waals surface area contributed by atoms with Gasteiger partial charge in [0.05, 0.1) is 13.5 Å². The van der Waals surface area contributed by atoms with Gasteiger partial charge in [-0.25, -0.2) is 0 Å². The van der Waals surface area contributed by atoms with Crippen LogP contribution < -0.4 is 0 Å². The Bertz CT molecular complexity index is 496. The molecule has 0 unspecified atom stereocenters. The van der Waals surface area contributed by atoms with Crippen LogP contribution in [0.2, 0.25) is 0 Å². The van der Waals surface area contributed by atoms with Crippen molar-refractivity contribution in [3.05, 3.63) is 11.5 Å². The summed E-state index contributed by atoms with van der Waals surface area (Å²) in [6.07, 6.45) is 0.203. The number of hydrogen-bond acceptors (Lipinski definition) is 8. The van der Waals surface area contributed by atoms with E-state index in [1.807, 2.05) is 0 Å². The largest absolute Gasteiger partial charge is 0.466 e. The first-order valence-corrected chi connectivity index (χ1v) is 5.77. The molecule has 1 amide bonds. The van der Waals surface area contributed by atoms with Crippen LogP contribution in [0.15, 0.2) is 31.1 Å². The molecule has 0 aromatic heterocycles. The highest BCUT2D eigenvalue weighted by Crippen LogP contribution is 2.22. The van der Waals surface area contributed by atoms with Gasteiger partial charge in [-0.05, 0) is 6.92 Å². The van der Waals surface area contributed by atoms with E-state index in [0.717, 1.165) is 12.1 Å². The number of methoxy groups -OCH3 is 1. The van der Waals surface area contributed by atoms with E-state index in [1.54, 1.807) is 18.3 Å². The van der Waals surface area contributed by atoms with E-state index in [-0.39, 0.29) is 30.3 Å². The van der Waals surface area contributed by atoms with Crippen molar-refractivity contribution < 1.29 is 14.3 Å². The standard InChI is InChI=1S/C9H11N5O3S/c1-5-4-6(15)11-12-7(5)17-9-10-8(16-3)13-18-14(9)2/h4H2,1-3H3. The molecule has 0 spiro atoms. The molecule has 0 bridgehead atoms. The van der Waals surface area contributed by atoms with E-state index in [4.69, 9.17) is 9.47 Å². The Hall–Kier alpha value is -1.90. The van der Waals surface area contributed by atoms with Crippen molar-refractivity contribution in [1.82, 2.24) is 4.31 Å². The van der Waals surface area contributed by atoms with Gasteiger partial charge in [0.15, 0.2) is 0 Å². The fourth-order valence-corrected chi connectivity index (χ4v) is 1.65. The quantitative estimate of drug-likeness (QED) is 0.673. The van der Waals surface area contributed by atoms with E-state index in [2.05, 4.69) is 19.6 Å². The summed E-state index contributed by atoms with van der Waals surface area (Å²) >= 11 is 1.13. The van der Waals surface area contributed by atoms with Crippen LogP contribution in [0, 0.1) is 0 Å². The van der Waals surface area contributed by atoms with Crippen molar-refractivity contribution in [2.45, 2.75) is 13.3 Å². The normalized spacial score (nSPS) is 19.7. The second-order valence-corrected chi connectivity index (χ2v) is 4.40. The number of aliphatic imine (C=N–C) groups is 1. The summed E-state index contributed by atoms with van der Waals surface area (Å²) in [6.45, 7) is 1.76. The third kappa shape index (κ3) is 2.67. The van der Waals surface area contributed by atoms with E-state index in [1.165, 1.54) is 7.11 Å². The number of azo groups is 1. The van der Waals surface area contributed by atoms with Gasteiger partial charge < -0.3 is 9.47 Å². The summed E-state index contributed by atoms with van der Waals surface area (Å²) in [4.78, 5) is 15.1. The van der Waals surface area contributed by atoms with Crippen LogP contribution >= 0.6 is 12.1 Å². The number of carbonyl (C=O) groups is 1. The number of carbonyl (C=O) groups excluding carboxylic acids is 1. The molecule has 0 atom stereocenters. The molecule has 96 valence electrons. The maximum Gasteiger partial charge on any atom is 0.329 e. The third-order valence-corrected chi connectivity index (χ3v) is 2.75. The molecule has 9 heteroatoms. The maximum absolute atomic E-state index is 11.0. The molecule has 0 saturated heterocycles. The minimum absolute atomic E-state index is 0.203. The van der Waals surface area contributed by atoms with Crippen LogP contribution in [-0.2, 0) is 14.3 Å². The smallest absolute Gasteiger partial charge is 0.329 e. The zero-order chi connectivity index (χ0) is 13.1. The molecule has 2 aliphatic heterocycles. The van der Waals surface area contributed by atoms with Gasteiger partial charge in [-0.3, -0.25) is 9.10 Å². The van der Waals surface area contributed by atoms with Crippen molar-refractivity contribution in [2.24, 2.45) is 19.6 Å². The van der Waals surface area contributed by atoms with Crippen molar-refractivity contribution >= 4 is 30.1 Å². The van der Waals surface area contributed by atoms with Crippen LogP contribution in [0.3, 0.4) is 0 Å². The molecular formula is C9H11N5O3S. The number of rotatable bonds is 1. The molecular weight excluding hydrogens is 258 g/mol. The van der Waals surface area contributed by atoms with E-state index in [9.17, 15) is 4.79 Å². The first kappa shape index (κ1) is 12.6. The van der Waals surface area contributed by atoms with Gasteiger partial charge >= 0.3 is 12.0 Å². The first-order valence-electron chi connectivity index (χ1n) is 5.04. The lowest BCUT2D eigenvalue weighted by molar-refractivity contribution is -0.118. The van der Waals surface area contributed by atoms with Gasteiger partial charge in [0.2, 0.25) is 5.88 Å². The summed E-state index contributed by atoms with van der Waals surface area (Å²) in [7, 11) is 3.20. The summed E-state index contributed by atoms with van der Waals surface area (Å²) in [5.41, 5.74) is 0.706. The fraction of sp³-hybridized carbons (Fsp3) is 0.444. The summed E-state index contributed by atoms with van der Waals surface area (Å²) in [5, 5.41) is 7.16. The van der Waals surface area contributed by atoms with Gasteiger partial charge in [-0.1, -0.05) is 0 Å². The highest BCUT2D eigenvalue weighted by molar-refractivity contribution is 7.96. The van der Waals surface area contributed by atoms with Crippen LogP contribution in [-0.4, -0.2) is 36.4 Å². The van der Waals surface area contributed by atoms with E-state index < -0.39 is 0 Å². The monoisotopic (exact) mass is 269 g/mol. The molecule has 18 heavy (non-hydrogen) atoms. The van der Waals surface area contributed by atoms with Crippen LogP contribution in [0.25, 0.3) is 0 Å². The highest BCUT2D eigenvalue weighted by atomic mass is 32.2. The minimum atomic E-state index is -0.285. The predicted octanol–water partition coefficient (Wildman–Crippen LogP) is 1.48. The number of amides is 1. The summed E-state index contributed by atoms with van der Waals surface area (Å²) in [6, 6.07) is 0.477. The van der Waals surface area contributed by atoms with Crippen molar-refractivity contribution in [2.75, 3.05) is 14.2 Å². The Kier molecular flexibility index (Phi) is 3.60. The van der Waals surface area contributed by atoms with Gasteiger partial charge in [-0.15, -0.1) is 19.6 Å². The lowest BCUT2D eigenvalue weighted by Gasteiger charge is -2.21. The Morgan fingerprint density at radius 2 is 2.17 bits per heavy atom. The number of amidine groups is 2. The number of hydrogen-bond donors (Lipinski definition) is 0. The molecule has 0 aromatic rings. The van der Waals surface area contributed by atoms with Gasteiger partial charge in [0.1, 0.15) is 12.1 Å². The second-order valence-electron chi connectivity index (χ2n) is 3.51. The molecule has 0 radical (unpaired) electrons. The van der Waals surface area contributed by atoms with Crippen LogP contribution in [0.4, 0.5) is 0 Å². The minimum Gasteiger partial charge on any atom is -0.466 e. The lowest BCUT2D eigenvalue weighted by atomic mass is 10.2. The average molecular weight is 269 g/mol. The summed E-state index contributed by atoms with van der Waals surface area (Å²) < 4.78 is 16.0. The van der Waals surface area contributed by atoms with Crippen molar-refractivity contribution in [3.8, 4) is 0 Å². The second kappa shape index (κ2) is 5.17. The van der Waals surface area contributed by atoms with E-state index in [0.29, 0.717) is 5.57 Å². The van der Waals surface area contributed by atoms with Gasteiger partial charge in [-0.2, -0.15) is 0 Å². The Morgan fingerprint density at radius 3 is 2.83 bits per heavy atom. The molecule has 0 aromatic carbocycles. The zero-order valence-corrected chi connectivity index (χ0v) is 10.9. The Labute approximate surface area is 108 Å². The molecule has 0 N–H and O–H groups in total. The Morgan fingerprint density at radius 1 is 1.39 bits per heavy atom. The van der Waals surface area contributed by atoms with Crippen LogP contribution in [0.1, 0.15) is 13.3 Å². The topological polar surface area (TPSA) is 88.2 Å². The molecule has 0 fully saturated rings. The van der Waals surface area contributed by atoms with Gasteiger partial charge in [0.25, 0.3) is 5.91 Å². The van der Waals surface area contributed by atoms with Gasteiger partial charge in [0, 0.05) is 12.6 Å². The van der Waals surface area contributed by atoms with E-state index >= 15 is 0 Å². The predicted molar refractivity (Wildman–Crippen MR) is 65.5 cm³/mol. The SMILES string of the molecule is COC1=NSN(C)C(OC2=C(C)CC(=O)N=N2)=N1. The average Bonchev–Trinajstić information content (AvgIpc) is 2.35. The number of ether oxygens (including phenoxy) is 2. The molecule has 0 aliphatic carbocycles. The molecule has 0 saturated carbocycles. The molecule has 2 heterocycles. The van der Waals surface area contributed by atoms with Crippen LogP contribution in [0.5, 0.6) is 0 Å². The summed E-state index contributed by atoms with van der Waals surface area (Å²) in [5.74, 6) is -0.00883.